The fourth-order valence-electron chi connectivity index (χ4n) is 6.38. The van der Waals surface area contributed by atoms with Gasteiger partial charge in [-0.2, -0.15) is 0 Å². The van der Waals surface area contributed by atoms with E-state index in [1.54, 1.807) is 0 Å². The van der Waals surface area contributed by atoms with Gasteiger partial charge in [-0.15, -0.1) is 0 Å². The van der Waals surface area contributed by atoms with Crippen molar-refractivity contribution in [2.45, 2.75) is 27.7 Å². The lowest BCUT2D eigenvalue weighted by atomic mass is 9.91. The Kier molecular flexibility index (Phi) is 6.40. The first-order valence-electron chi connectivity index (χ1n) is 14.5. The van der Waals surface area contributed by atoms with Gasteiger partial charge in [0.15, 0.2) is 0 Å². The first-order chi connectivity index (χ1) is 20.5. The van der Waals surface area contributed by atoms with E-state index in [-0.39, 0.29) is 0 Å². The zero-order chi connectivity index (χ0) is 28.8. The monoisotopic (exact) mass is 540 g/mol. The smallest absolute Gasteiger partial charge is 0.0978 e. The summed E-state index contributed by atoms with van der Waals surface area (Å²) in [5.74, 6) is 0. The van der Waals surface area contributed by atoms with Gasteiger partial charge in [-0.25, -0.2) is 9.97 Å². The molecular formula is C40H32N2. The minimum Gasteiger partial charge on any atom is -0.245 e. The van der Waals surface area contributed by atoms with Crippen molar-refractivity contribution in [2.24, 2.45) is 0 Å². The molecule has 0 spiro atoms. The predicted octanol–water partition coefficient (Wildman–Crippen LogP) is 10.7. The quantitative estimate of drug-likeness (QED) is 0.208. The van der Waals surface area contributed by atoms with Crippen LogP contribution in [0.4, 0.5) is 0 Å². The highest BCUT2D eigenvalue weighted by atomic mass is 14.8. The van der Waals surface area contributed by atoms with E-state index in [1.807, 2.05) is 0 Å². The van der Waals surface area contributed by atoms with Gasteiger partial charge in [0, 0.05) is 21.9 Å². The molecule has 0 saturated carbocycles. The number of nitrogens with zero attached hydrogens (tertiary/aromatic N) is 2. The van der Waals surface area contributed by atoms with Crippen LogP contribution in [0.15, 0.2) is 121 Å². The van der Waals surface area contributed by atoms with Crippen molar-refractivity contribution in [1.82, 2.24) is 9.97 Å². The molecule has 0 unspecified atom stereocenters. The number of aryl methyl sites for hydroxylation is 4. The van der Waals surface area contributed by atoms with E-state index >= 15 is 0 Å². The van der Waals surface area contributed by atoms with Gasteiger partial charge in [-0.1, -0.05) is 109 Å². The summed E-state index contributed by atoms with van der Waals surface area (Å²) < 4.78 is 0. The molecule has 0 amide bonds. The van der Waals surface area contributed by atoms with Gasteiger partial charge in [0.2, 0.25) is 0 Å². The molecular weight excluding hydrogens is 508 g/mol. The molecule has 42 heavy (non-hydrogen) atoms. The Morgan fingerprint density at radius 3 is 1.10 bits per heavy atom. The Bertz CT molecular complexity index is 1910. The lowest BCUT2D eigenvalue weighted by Gasteiger charge is -2.17. The van der Waals surface area contributed by atoms with Gasteiger partial charge in [-0.3, -0.25) is 0 Å². The number of rotatable bonds is 4. The Balaban J connectivity index is 1.66. The molecule has 0 fully saturated rings. The molecule has 7 rings (SSSR count). The van der Waals surface area contributed by atoms with Crippen molar-refractivity contribution in [3.8, 4) is 44.8 Å². The van der Waals surface area contributed by atoms with Crippen LogP contribution in [0.25, 0.3) is 66.6 Å². The lowest BCUT2D eigenvalue weighted by molar-refractivity contribution is 1.30. The van der Waals surface area contributed by atoms with Crippen LogP contribution in [0.1, 0.15) is 22.3 Å². The highest BCUT2D eigenvalue weighted by Crippen LogP contribution is 2.40. The number of hydrogen-bond acceptors (Lipinski definition) is 2. The Labute approximate surface area is 247 Å². The highest BCUT2D eigenvalue weighted by molar-refractivity contribution is 6.13. The molecule has 202 valence electrons. The van der Waals surface area contributed by atoms with E-state index in [4.69, 9.17) is 9.97 Å². The number of benzene rings is 5. The molecule has 0 radical (unpaired) electrons. The third-order valence-electron chi connectivity index (χ3n) is 8.40. The van der Waals surface area contributed by atoms with E-state index in [1.165, 1.54) is 55.6 Å². The van der Waals surface area contributed by atoms with Crippen molar-refractivity contribution >= 4 is 21.8 Å². The molecule has 0 N–H and O–H groups in total. The molecule has 0 bridgehead atoms. The second-order valence-electron chi connectivity index (χ2n) is 11.2. The van der Waals surface area contributed by atoms with Gasteiger partial charge < -0.3 is 0 Å². The summed E-state index contributed by atoms with van der Waals surface area (Å²) in [6, 6.07) is 43.2. The fourth-order valence-corrected chi connectivity index (χ4v) is 6.38. The average Bonchev–Trinajstić information content (AvgIpc) is 3.01. The zero-order valence-electron chi connectivity index (χ0n) is 24.4. The van der Waals surface area contributed by atoms with Crippen molar-refractivity contribution in [3.63, 3.8) is 0 Å². The van der Waals surface area contributed by atoms with Crippen LogP contribution in [0, 0.1) is 27.7 Å². The van der Waals surface area contributed by atoms with Crippen molar-refractivity contribution < 1.29 is 0 Å². The zero-order valence-corrected chi connectivity index (χ0v) is 24.4. The number of fused-ring (bicyclic) bond motifs is 3. The predicted molar refractivity (Wildman–Crippen MR) is 178 cm³/mol. The van der Waals surface area contributed by atoms with Crippen LogP contribution < -0.4 is 0 Å². The summed E-state index contributed by atoms with van der Waals surface area (Å²) in [5, 5.41) is 2.21. The van der Waals surface area contributed by atoms with E-state index in [2.05, 4.69) is 149 Å². The van der Waals surface area contributed by atoms with E-state index in [0.29, 0.717) is 0 Å². The third kappa shape index (κ3) is 4.37. The first-order valence-corrected chi connectivity index (χ1v) is 14.5. The molecule has 5 aromatic carbocycles. The van der Waals surface area contributed by atoms with Gasteiger partial charge >= 0.3 is 0 Å². The van der Waals surface area contributed by atoms with Crippen molar-refractivity contribution in [1.29, 1.82) is 0 Å². The maximum Gasteiger partial charge on any atom is 0.0978 e. The maximum atomic E-state index is 5.43. The molecule has 7 aromatic rings. The fraction of sp³-hybridized carbons (Fsp3) is 0.100. The largest absolute Gasteiger partial charge is 0.245 e. The summed E-state index contributed by atoms with van der Waals surface area (Å²) in [6.45, 7) is 8.68. The third-order valence-corrected chi connectivity index (χ3v) is 8.40. The van der Waals surface area contributed by atoms with Crippen LogP contribution in [0.5, 0.6) is 0 Å². The second kappa shape index (κ2) is 10.4. The number of aromatic nitrogens is 2. The van der Waals surface area contributed by atoms with Gasteiger partial charge in [-0.05, 0) is 84.3 Å². The highest BCUT2D eigenvalue weighted by Gasteiger charge is 2.19. The first kappa shape index (κ1) is 25.9. The van der Waals surface area contributed by atoms with Crippen molar-refractivity contribution in [3.05, 3.63) is 144 Å². The summed E-state index contributed by atoms with van der Waals surface area (Å²) in [7, 11) is 0. The number of hydrogen-bond donors (Lipinski definition) is 0. The van der Waals surface area contributed by atoms with Gasteiger partial charge in [0.05, 0.1) is 22.4 Å². The molecule has 2 aromatic heterocycles. The van der Waals surface area contributed by atoms with Crippen LogP contribution in [0.2, 0.25) is 0 Å². The molecule has 2 heterocycles. The van der Waals surface area contributed by atoms with Crippen LogP contribution in [-0.4, -0.2) is 9.97 Å². The molecule has 2 nitrogen and oxygen atoms in total. The van der Waals surface area contributed by atoms with Crippen molar-refractivity contribution in [2.75, 3.05) is 0 Å². The summed E-state index contributed by atoms with van der Waals surface area (Å²) in [5.41, 5.74) is 15.7. The normalized spacial score (nSPS) is 11.3. The van der Waals surface area contributed by atoms with Gasteiger partial charge in [0.1, 0.15) is 0 Å². The average molecular weight is 541 g/mol. The Morgan fingerprint density at radius 2 is 0.738 bits per heavy atom. The summed E-state index contributed by atoms with van der Waals surface area (Å²) in [6.07, 6.45) is 0. The molecule has 0 aliphatic rings. The topological polar surface area (TPSA) is 25.8 Å². The summed E-state index contributed by atoms with van der Waals surface area (Å²) in [4.78, 5) is 10.9. The van der Waals surface area contributed by atoms with Crippen LogP contribution in [-0.2, 0) is 0 Å². The Hall–Kier alpha value is -5.08. The molecule has 0 atom stereocenters. The van der Waals surface area contributed by atoms with Crippen LogP contribution in [0.3, 0.4) is 0 Å². The second-order valence-corrected chi connectivity index (χ2v) is 11.2. The minimum atomic E-state index is 0.928. The Morgan fingerprint density at radius 1 is 0.381 bits per heavy atom. The maximum absolute atomic E-state index is 5.43. The summed E-state index contributed by atoms with van der Waals surface area (Å²) >= 11 is 0. The van der Waals surface area contributed by atoms with Crippen LogP contribution >= 0.6 is 0 Å². The molecule has 0 aliphatic heterocycles. The molecule has 2 heteroatoms. The van der Waals surface area contributed by atoms with Gasteiger partial charge in [0.25, 0.3) is 0 Å². The van der Waals surface area contributed by atoms with E-state index in [0.717, 1.165) is 33.2 Å². The SMILES string of the molecule is Cc1cccc(C)c1-c1cc(-c2ccccc2)c2ccc3c(-c4ccccc4)cc(-c4c(C)cccc4C)nc3c2n1. The van der Waals surface area contributed by atoms with E-state index in [9.17, 15) is 0 Å². The lowest BCUT2D eigenvalue weighted by Crippen LogP contribution is -1.98. The van der Waals surface area contributed by atoms with E-state index < -0.39 is 0 Å². The number of pyridine rings is 2. The standard InChI is InChI=1S/C40H32N2/c1-25-13-11-14-26(2)37(25)35-23-33(29-17-7-5-8-18-29)31-21-22-32-34(30-19-9-6-10-20-30)24-36(42-40(32)39(31)41-35)38-27(3)15-12-16-28(38)4/h5-24H,1-4H3. The minimum absolute atomic E-state index is 0.928. The molecule has 0 aliphatic carbocycles. The molecule has 0 saturated heterocycles.